The van der Waals surface area contributed by atoms with Crippen molar-refractivity contribution in [3.63, 3.8) is 0 Å². The minimum Gasteiger partial charge on any atom is -0.467 e. The van der Waals surface area contributed by atoms with Gasteiger partial charge in [0.25, 0.3) is 5.19 Å². The van der Waals surface area contributed by atoms with Crippen molar-refractivity contribution >= 4 is 29.0 Å². The maximum absolute atomic E-state index is 11.9. The van der Waals surface area contributed by atoms with Gasteiger partial charge in [-0.25, -0.2) is 9.78 Å². The van der Waals surface area contributed by atoms with Crippen LogP contribution in [0.15, 0.2) is 6.20 Å². The summed E-state index contributed by atoms with van der Waals surface area (Å²) in [7, 11) is 0. The molecule has 2 rings (SSSR count). The highest BCUT2D eigenvalue weighted by atomic mass is 35.5. The van der Waals surface area contributed by atoms with E-state index in [0.29, 0.717) is 22.6 Å². The van der Waals surface area contributed by atoms with Gasteiger partial charge in [0.1, 0.15) is 16.0 Å². The Kier molecular flexibility index (Phi) is 4.75. The van der Waals surface area contributed by atoms with Crippen LogP contribution in [0.2, 0.25) is 4.34 Å². The molecule has 2 heterocycles. The van der Waals surface area contributed by atoms with E-state index in [-0.39, 0.29) is 12.2 Å². The van der Waals surface area contributed by atoms with Crippen LogP contribution in [-0.4, -0.2) is 40.8 Å². The lowest BCUT2D eigenvalue weighted by atomic mass is 10.1. The van der Waals surface area contributed by atoms with Gasteiger partial charge in [-0.15, -0.1) is 0 Å². The third-order valence-corrected chi connectivity index (χ3v) is 3.82. The van der Waals surface area contributed by atoms with Crippen LogP contribution in [0.5, 0.6) is 5.19 Å². The number of carbonyl (C=O) groups is 1. The van der Waals surface area contributed by atoms with Gasteiger partial charge in [0.05, 0.1) is 6.20 Å². The third-order valence-electron chi connectivity index (χ3n) is 2.82. The summed E-state index contributed by atoms with van der Waals surface area (Å²) in [6.45, 7) is 6.88. The predicted molar refractivity (Wildman–Crippen MR) is 78.6 cm³/mol. The number of piperidine rings is 1. The van der Waals surface area contributed by atoms with Crippen molar-refractivity contribution in [1.29, 1.82) is 0 Å². The maximum Gasteiger partial charge on any atom is 0.410 e. The Morgan fingerprint density at radius 1 is 1.45 bits per heavy atom. The van der Waals surface area contributed by atoms with Gasteiger partial charge in [0.2, 0.25) is 0 Å². The fourth-order valence-electron chi connectivity index (χ4n) is 1.92. The second-order valence-electron chi connectivity index (χ2n) is 5.71. The molecular formula is C13H19ClN2O3S. The summed E-state index contributed by atoms with van der Waals surface area (Å²) < 4.78 is 11.7. The van der Waals surface area contributed by atoms with E-state index in [2.05, 4.69) is 4.98 Å². The molecule has 0 atom stereocenters. The first-order chi connectivity index (χ1) is 9.33. The number of amides is 1. The molecule has 1 aromatic rings. The summed E-state index contributed by atoms with van der Waals surface area (Å²) in [6.07, 6.45) is 2.95. The lowest BCUT2D eigenvalue weighted by Crippen LogP contribution is -2.44. The molecule has 1 aromatic heterocycles. The zero-order valence-electron chi connectivity index (χ0n) is 11.9. The Bertz CT molecular complexity index is 464. The normalized spacial score (nSPS) is 17.1. The first-order valence-corrected chi connectivity index (χ1v) is 7.79. The van der Waals surface area contributed by atoms with Gasteiger partial charge in [-0.1, -0.05) is 22.9 Å². The number of hydrogen-bond acceptors (Lipinski definition) is 5. The third kappa shape index (κ3) is 4.52. The number of hydrogen-bond donors (Lipinski definition) is 0. The number of thiazole rings is 1. The molecule has 1 saturated heterocycles. The molecule has 0 unspecified atom stereocenters. The van der Waals surface area contributed by atoms with Crippen LogP contribution in [0.25, 0.3) is 0 Å². The molecule has 1 fully saturated rings. The van der Waals surface area contributed by atoms with Gasteiger partial charge < -0.3 is 14.4 Å². The van der Waals surface area contributed by atoms with Crippen LogP contribution in [0, 0.1) is 0 Å². The van der Waals surface area contributed by atoms with E-state index in [1.54, 1.807) is 11.1 Å². The molecule has 0 spiro atoms. The molecule has 20 heavy (non-hydrogen) atoms. The van der Waals surface area contributed by atoms with Crippen LogP contribution in [0.3, 0.4) is 0 Å². The van der Waals surface area contributed by atoms with Crippen LogP contribution in [0.1, 0.15) is 33.6 Å². The van der Waals surface area contributed by atoms with Crippen molar-refractivity contribution in [2.24, 2.45) is 0 Å². The molecule has 0 aromatic carbocycles. The van der Waals surface area contributed by atoms with Crippen LogP contribution in [0.4, 0.5) is 4.79 Å². The number of aromatic nitrogens is 1. The Labute approximate surface area is 127 Å². The lowest BCUT2D eigenvalue weighted by molar-refractivity contribution is 0.0126. The smallest absolute Gasteiger partial charge is 0.410 e. The Morgan fingerprint density at radius 3 is 2.60 bits per heavy atom. The van der Waals surface area contributed by atoms with Gasteiger partial charge in [0, 0.05) is 25.9 Å². The molecule has 0 bridgehead atoms. The highest BCUT2D eigenvalue weighted by molar-refractivity contribution is 7.17. The van der Waals surface area contributed by atoms with Gasteiger partial charge >= 0.3 is 6.09 Å². The zero-order valence-corrected chi connectivity index (χ0v) is 13.5. The highest BCUT2D eigenvalue weighted by Gasteiger charge is 2.27. The summed E-state index contributed by atoms with van der Waals surface area (Å²) in [5.41, 5.74) is -0.456. The van der Waals surface area contributed by atoms with Gasteiger partial charge in [0.15, 0.2) is 0 Å². The fourth-order valence-corrected chi connectivity index (χ4v) is 2.73. The van der Waals surface area contributed by atoms with E-state index in [4.69, 9.17) is 21.1 Å². The minimum absolute atomic E-state index is 0.0795. The van der Waals surface area contributed by atoms with Crippen molar-refractivity contribution in [3.05, 3.63) is 10.5 Å². The van der Waals surface area contributed by atoms with Crippen molar-refractivity contribution < 1.29 is 14.3 Å². The average Bonchev–Trinajstić information content (AvgIpc) is 2.73. The fraction of sp³-hybridized carbons (Fsp3) is 0.692. The van der Waals surface area contributed by atoms with Crippen LogP contribution in [-0.2, 0) is 4.74 Å². The molecule has 112 valence electrons. The zero-order chi connectivity index (χ0) is 14.8. The van der Waals surface area contributed by atoms with Crippen molar-refractivity contribution in [1.82, 2.24) is 9.88 Å². The standard InChI is InChI=1S/C13H19ClN2O3S/c1-13(2,3)19-12(17)16-6-4-9(5-7-16)18-11-15-8-10(14)20-11/h8-9H,4-7H2,1-3H3. The van der Waals surface area contributed by atoms with Gasteiger partial charge in [-0.05, 0) is 20.8 Å². The molecular weight excluding hydrogens is 300 g/mol. The summed E-state index contributed by atoms with van der Waals surface area (Å²) in [5, 5.41) is 0.589. The predicted octanol–water partition coefficient (Wildman–Crippen LogP) is 3.57. The molecule has 0 radical (unpaired) electrons. The first-order valence-electron chi connectivity index (χ1n) is 6.59. The summed E-state index contributed by atoms with van der Waals surface area (Å²) >= 11 is 7.13. The number of ether oxygens (including phenoxy) is 2. The molecule has 1 aliphatic rings. The van der Waals surface area contributed by atoms with Crippen molar-refractivity contribution in [2.45, 2.75) is 45.3 Å². The monoisotopic (exact) mass is 318 g/mol. The first kappa shape index (κ1) is 15.4. The van der Waals surface area contributed by atoms with Gasteiger partial charge in [-0.3, -0.25) is 0 Å². The van der Waals surface area contributed by atoms with E-state index in [1.165, 1.54) is 11.3 Å². The molecule has 1 amide bonds. The largest absolute Gasteiger partial charge is 0.467 e. The minimum atomic E-state index is -0.456. The summed E-state index contributed by atoms with van der Waals surface area (Å²) in [6, 6.07) is 0. The van der Waals surface area contributed by atoms with Crippen molar-refractivity contribution in [2.75, 3.05) is 13.1 Å². The molecule has 1 aliphatic heterocycles. The second kappa shape index (κ2) is 6.18. The molecule has 5 nitrogen and oxygen atoms in total. The lowest BCUT2D eigenvalue weighted by Gasteiger charge is -2.33. The van der Waals surface area contributed by atoms with E-state index < -0.39 is 5.60 Å². The van der Waals surface area contributed by atoms with E-state index >= 15 is 0 Å². The van der Waals surface area contributed by atoms with E-state index in [9.17, 15) is 4.79 Å². The molecule has 0 saturated carbocycles. The van der Waals surface area contributed by atoms with Crippen LogP contribution >= 0.6 is 22.9 Å². The number of carbonyl (C=O) groups excluding carboxylic acids is 1. The average molecular weight is 319 g/mol. The number of rotatable bonds is 2. The summed E-state index contributed by atoms with van der Waals surface area (Å²) in [4.78, 5) is 17.7. The van der Waals surface area contributed by atoms with E-state index in [1.807, 2.05) is 20.8 Å². The second-order valence-corrected chi connectivity index (χ2v) is 7.34. The Morgan fingerprint density at radius 2 is 2.10 bits per heavy atom. The Hall–Kier alpha value is -1.01. The summed E-state index contributed by atoms with van der Waals surface area (Å²) in [5.74, 6) is 0. The number of likely N-dealkylation sites (tertiary alicyclic amines) is 1. The number of halogens is 1. The maximum atomic E-state index is 11.9. The van der Waals surface area contributed by atoms with Gasteiger partial charge in [-0.2, -0.15) is 0 Å². The SMILES string of the molecule is CC(C)(C)OC(=O)N1CCC(Oc2ncc(Cl)s2)CC1. The Balaban J connectivity index is 1.79. The van der Waals surface area contributed by atoms with Crippen molar-refractivity contribution in [3.8, 4) is 5.19 Å². The molecule has 0 N–H and O–H groups in total. The van der Waals surface area contributed by atoms with E-state index in [0.717, 1.165) is 12.8 Å². The topological polar surface area (TPSA) is 51.7 Å². The van der Waals surface area contributed by atoms with Crippen LogP contribution < -0.4 is 4.74 Å². The molecule has 0 aliphatic carbocycles. The quantitative estimate of drug-likeness (QED) is 0.836. The highest BCUT2D eigenvalue weighted by Crippen LogP contribution is 2.27. The number of nitrogens with zero attached hydrogens (tertiary/aromatic N) is 2. The molecule has 7 heteroatoms.